The number of benzene rings is 1. The van der Waals surface area contributed by atoms with Crippen molar-refractivity contribution < 1.29 is 18.0 Å². The van der Waals surface area contributed by atoms with Gasteiger partial charge >= 0.3 is 6.18 Å². The van der Waals surface area contributed by atoms with Gasteiger partial charge in [0, 0.05) is 37.8 Å². The average Bonchev–Trinajstić information content (AvgIpc) is 3.09. The Balaban J connectivity index is 0.00000182. The van der Waals surface area contributed by atoms with Crippen molar-refractivity contribution in [3.8, 4) is 0 Å². The molecule has 1 heterocycles. The fourth-order valence-corrected chi connectivity index (χ4v) is 3.94. The molecule has 0 radical (unpaired) electrons. The summed E-state index contributed by atoms with van der Waals surface area (Å²) in [6, 6.07) is 5.38. The van der Waals surface area contributed by atoms with Crippen LogP contribution >= 0.6 is 24.8 Å². The van der Waals surface area contributed by atoms with E-state index in [0.29, 0.717) is 38.4 Å². The van der Waals surface area contributed by atoms with Gasteiger partial charge in [-0.05, 0) is 43.5 Å². The van der Waals surface area contributed by atoms with Gasteiger partial charge in [0.1, 0.15) is 0 Å². The molecule has 27 heavy (non-hydrogen) atoms. The van der Waals surface area contributed by atoms with Gasteiger partial charge in [0.05, 0.1) is 5.56 Å². The number of nitrogens with zero attached hydrogens (tertiary/aromatic N) is 2. The van der Waals surface area contributed by atoms with Crippen LogP contribution in [0, 0.1) is 11.8 Å². The third kappa shape index (κ3) is 5.42. The van der Waals surface area contributed by atoms with Crippen molar-refractivity contribution in [2.24, 2.45) is 17.6 Å². The topological polar surface area (TPSA) is 49.6 Å². The predicted octanol–water partition coefficient (Wildman–Crippen LogP) is 3.57. The highest BCUT2D eigenvalue weighted by molar-refractivity contribution is 5.85. The van der Waals surface area contributed by atoms with Crippen LogP contribution in [-0.4, -0.2) is 43.5 Å². The van der Waals surface area contributed by atoms with Gasteiger partial charge in [0.25, 0.3) is 0 Å². The molecule has 1 amide bonds. The molecule has 2 atom stereocenters. The number of carbonyl (C=O) groups is 1. The molecule has 2 N–H and O–H groups in total. The number of nitrogens with two attached hydrogens (primary N) is 1. The summed E-state index contributed by atoms with van der Waals surface area (Å²) in [6.45, 7) is 2.73. The minimum Gasteiger partial charge on any atom is -0.368 e. The summed E-state index contributed by atoms with van der Waals surface area (Å²) >= 11 is 0. The maximum atomic E-state index is 12.9. The van der Waals surface area contributed by atoms with Crippen LogP contribution in [0.4, 0.5) is 18.9 Å². The predicted molar refractivity (Wildman–Crippen MR) is 105 cm³/mol. The van der Waals surface area contributed by atoms with Crippen molar-refractivity contribution in [1.82, 2.24) is 4.90 Å². The van der Waals surface area contributed by atoms with Crippen molar-refractivity contribution in [2.45, 2.75) is 25.4 Å². The monoisotopic (exact) mass is 427 g/mol. The SMILES string of the molecule is Cl.Cl.NC[C@H]1CCC[C@H]1C(=O)N1CCN(c2cccc(C(F)(F)F)c2)CC1. The van der Waals surface area contributed by atoms with Crippen molar-refractivity contribution in [2.75, 3.05) is 37.6 Å². The van der Waals surface area contributed by atoms with Crippen LogP contribution in [0.25, 0.3) is 0 Å². The van der Waals surface area contributed by atoms with Crippen LogP contribution in [0.15, 0.2) is 24.3 Å². The molecule has 1 aromatic carbocycles. The molecule has 2 fully saturated rings. The molecule has 1 aromatic rings. The highest BCUT2D eigenvalue weighted by Crippen LogP contribution is 2.34. The fraction of sp³-hybridized carbons (Fsp3) is 0.611. The van der Waals surface area contributed by atoms with Gasteiger partial charge in [-0.2, -0.15) is 13.2 Å². The van der Waals surface area contributed by atoms with E-state index in [2.05, 4.69) is 0 Å². The van der Waals surface area contributed by atoms with Gasteiger partial charge < -0.3 is 15.5 Å². The zero-order valence-corrected chi connectivity index (χ0v) is 16.6. The number of halogens is 5. The molecule has 9 heteroatoms. The Morgan fingerprint density at radius 3 is 2.37 bits per heavy atom. The maximum Gasteiger partial charge on any atom is 0.416 e. The van der Waals surface area contributed by atoms with E-state index < -0.39 is 11.7 Å². The third-order valence-corrected chi connectivity index (χ3v) is 5.41. The smallest absolute Gasteiger partial charge is 0.368 e. The standard InChI is InChI=1S/C18H24F3N3O.2ClH/c19-18(20,21)14-4-2-5-15(11-14)23-7-9-24(10-8-23)17(25)16-6-1-3-13(16)12-22;;/h2,4-5,11,13,16H,1,3,6-10,12,22H2;2*1H/t13-,16-;;/m1../s1. The largest absolute Gasteiger partial charge is 0.416 e. The number of hydrogen-bond acceptors (Lipinski definition) is 3. The molecule has 2 aliphatic rings. The Bertz CT molecular complexity index is 622. The van der Waals surface area contributed by atoms with Crippen LogP contribution in [0.1, 0.15) is 24.8 Å². The van der Waals surface area contributed by atoms with Crippen LogP contribution in [0.3, 0.4) is 0 Å². The van der Waals surface area contributed by atoms with E-state index in [1.807, 2.05) is 9.80 Å². The zero-order chi connectivity index (χ0) is 18.0. The first-order chi connectivity index (χ1) is 11.9. The van der Waals surface area contributed by atoms with Gasteiger partial charge in [-0.3, -0.25) is 4.79 Å². The highest BCUT2D eigenvalue weighted by atomic mass is 35.5. The Morgan fingerprint density at radius 2 is 1.78 bits per heavy atom. The Morgan fingerprint density at radius 1 is 1.11 bits per heavy atom. The molecule has 1 saturated carbocycles. The minimum absolute atomic E-state index is 0. The molecule has 1 saturated heterocycles. The molecule has 3 rings (SSSR count). The number of anilines is 1. The first-order valence-corrected chi connectivity index (χ1v) is 8.81. The molecule has 0 aromatic heterocycles. The van der Waals surface area contributed by atoms with E-state index in [-0.39, 0.29) is 42.6 Å². The Labute approximate surface area is 170 Å². The van der Waals surface area contributed by atoms with E-state index >= 15 is 0 Å². The summed E-state index contributed by atoms with van der Waals surface area (Å²) in [7, 11) is 0. The van der Waals surface area contributed by atoms with E-state index in [9.17, 15) is 18.0 Å². The highest BCUT2D eigenvalue weighted by Gasteiger charge is 2.36. The lowest BCUT2D eigenvalue weighted by molar-refractivity contribution is -0.137. The number of rotatable bonds is 3. The lowest BCUT2D eigenvalue weighted by atomic mass is 9.94. The number of carbonyl (C=O) groups excluding carboxylic acids is 1. The number of hydrogen-bond donors (Lipinski definition) is 1. The number of alkyl halides is 3. The molecular formula is C18H26Cl2F3N3O. The minimum atomic E-state index is -4.34. The second-order valence-corrected chi connectivity index (χ2v) is 6.89. The van der Waals surface area contributed by atoms with E-state index in [1.54, 1.807) is 6.07 Å². The fourth-order valence-electron chi connectivity index (χ4n) is 3.94. The van der Waals surface area contributed by atoms with Crippen LogP contribution < -0.4 is 10.6 Å². The van der Waals surface area contributed by atoms with Crippen molar-refractivity contribution in [1.29, 1.82) is 0 Å². The normalized spacial score (nSPS) is 22.8. The number of piperazine rings is 1. The van der Waals surface area contributed by atoms with Crippen LogP contribution in [0.5, 0.6) is 0 Å². The molecule has 1 aliphatic heterocycles. The van der Waals surface area contributed by atoms with Crippen molar-refractivity contribution >= 4 is 36.4 Å². The maximum absolute atomic E-state index is 12.9. The van der Waals surface area contributed by atoms with E-state index in [4.69, 9.17) is 5.73 Å². The zero-order valence-electron chi connectivity index (χ0n) is 15.0. The molecule has 0 spiro atoms. The average molecular weight is 428 g/mol. The van der Waals surface area contributed by atoms with Gasteiger partial charge in [-0.1, -0.05) is 12.5 Å². The molecule has 4 nitrogen and oxygen atoms in total. The second-order valence-electron chi connectivity index (χ2n) is 6.89. The van der Waals surface area contributed by atoms with E-state index in [0.717, 1.165) is 25.3 Å². The van der Waals surface area contributed by atoms with Gasteiger partial charge in [-0.15, -0.1) is 24.8 Å². The quantitative estimate of drug-likeness (QED) is 0.801. The second kappa shape index (κ2) is 9.85. The number of amides is 1. The first kappa shape index (κ1) is 23.9. The molecule has 0 bridgehead atoms. The molecule has 1 aliphatic carbocycles. The van der Waals surface area contributed by atoms with Gasteiger partial charge in [0.2, 0.25) is 5.91 Å². The Kier molecular flexibility index (Phi) is 8.70. The van der Waals surface area contributed by atoms with E-state index in [1.165, 1.54) is 12.1 Å². The summed E-state index contributed by atoms with van der Waals surface area (Å²) in [5.74, 6) is 0.454. The third-order valence-electron chi connectivity index (χ3n) is 5.41. The summed E-state index contributed by atoms with van der Waals surface area (Å²) in [5.41, 5.74) is 5.69. The lowest BCUT2D eigenvalue weighted by Gasteiger charge is -2.38. The Hall–Kier alpha value is -1.18. The summed E-state index contributed by atoms with van der Waals surface area (Å²) < 4.78 is 38.6. The lowest BCUT2D eigenvalue weighted by Crippen LogP contribution is -2.51. The van der Waals surface area contributed by atoms with Crippen LogP contribution in [-0.2, 0) is 11.0 Å². The first-order valence-electron chi connectivity index (χ1n) is 8.81. The van der Waals surface area contributed by atoms with Crippen LogP contribution in [0.2, 0.25) is 0 Å². The van der Waals surface area contributed by atoms with Crippen molar-refractivity contribution in [3.05, 3.63) is 29.8 Å². The van der Waals surface area contributed by atoms with Gasteiger partial charge in [-0.25, -0.2) is 0 Å². The summed E-state index contributed by atoms with van der Waals surface area (Å²) in [6.07, 6.45) is -1.39. The summed E-state index contributed by atoms with van der Waals surface area (Å²) in [5, 5.41) is 0. The molecular weight excluding hydrogens is 402 g/mol. The van der Waals surface area contributed by atoms with Gasteiger partial charge in [0.15, 0.2) is 0 Å². The summed E-state index contributed by atoms with van der Waals surface area (Å²) in [4.78, 5) is 16.5. The van der Waals surface area contributed by atoms with Crippen molar-refractivity contribution in [3.63, 3.8) is 0 Å². The molecule has 0 unspecified atom stereocenters. The molecule has 154 valence electrons.